The third-order valence-corrected chi connectivity index (χ3v) is 5.52. The first-order valence-corrected chi connectivity index (χ1v) is 11.2. The van der Waals surface area contributed by atoms with Crippen LogP contribution in [0.2, 0.25) is 5.02 Å². The Morgan fingerprint density at radius 2 is 1.67 bits per heavy atom. The van der Waals surface area contributed by atoms with Gasteiger partial charge in [-0.05, 0) is 55.8 Å². The van der Waals surface area contributed by atoms with Gasteiger partial charge in [0.15, 0.2) is 11.9 Å². The van der Waals surface area contributed by atoms with Gasteiger partial charge in [-0.3, -0.25) is 10.2 Å². The number of amidine groups is 1. The SMILES string of the molecule is CC.Cc1ccc(N2NC(=Nc3cc(C)ccc3Cl)C(n3nnc4ccccc43)C2=O)cc1. The van der Waals surface area contributed by atoms with Crippen LogP contribution in [0.5, 0.6) is 0 Å². The number of aromatic nitrogens is 3. The predicted molar refractivity (Wildman–Crippen MR) is 133 cm³/mol. The fourth-order valence-electron chi connectivity index (χ4n) is 3.58. The molecule has 1 aliphatic rings. The van der Waals surface area contributed by atoms with Crippen LogP contribution in [0, 0.1) is 13.8 Å². The van der Waals surface area contributed by atoms with E-state index in [9.17, 15) is 4.79 Å². The molecule has 1 N–H and O–H groups in total. The van der Waals surface area contributed by atoms with Crippen molar-refractivity contribution in [1.29, 1.82) is 0 Å². The lowest BCUT2D eigenvalue weighted by Gasteiger charge is -2.16. The first-order chi connectivity index (χ1) is 16.0. The number of fused-ring (bicyclic) bond motifs is 1. The Morgan fingerprint density at radius 3 is 2.42 bits per heavy atom. The maximum Gasteiger partial charge on any atom is 0.278 e. The minimum atomic E-state index is -0.801. The maximum absolute atomic E-state index is 13.5. The van der Waals surface area contributed by atoms with Crippen molar-refractivity contribution in [3.63, 3.8) is 0 Å². The summed E-state index contributed by atoms with van der Waals surface area (Å²) in [6.45, 7) is 7.97. The van der Waals surface area contributed by atoms with E-state index in [1.165, 1.54) is 5.01 Å². The second-order valence-corrected chi connectivity index (χ2v) is 7.91. The number of benzene rings is 3. The number of para-hydroxylation sites is 1. The number of amides is 1. The normalized spacial score (nSPS) is 16.6. The lowest BCUT2D eigenvalue weighted by Crippen LogP contribution is -2.35. The molecule has 2 heterocycles. The molecule has 7 nitrogen and oxygen atoms in total. The van der Waals surface area contributed by atoms with Crippen LogP contribution in [-0.2, 0) is 4.79 Å². The molecule has 0 bridgehead atoms. The average Bonchev–Trinajstić information content (AvgIpc) is 3.39. The molecule has 1 atom stereocenters. The highest BCUT2D eigenvalue weighted by atomic mass is 35.5. The maximum atomic E-state index is 13.5. The number of rotatable bonds is 3. The van der Waals surface area contributed by atoms with Crippen LogP contribution in [0.1, 0.15) is 31.0 Å². The summed E-state index contributed by atoms with van der Waals surface area (Å²) in [5.41, 5.74) is 8.03. The lowest BCUT2D eigenvalue weighted by atomic mass is 10.2. The topological polar surface area (TPSA) is 75.4 Å². The van der Waals surface area contributed by atoms with Crippen LogP contribution in [0.3, 0.4) is 0 Å². The van der Waals surface area contributed by atoms with E-state index >= 15 is 0 Å². The van der Waals surface area contributed by atoms with E-state index in [1.54, 1.807) is 10.7 Å². The van der Waals surface area contributed by atoms with E-state index < -0.39 is 6.04 Å². The highest BCUT2D eigenvalue weighted by Gasteiger charge is 2.41. The van der Waals surface area contributed by atoms with E-state index in [0.29, 0.717) is 27.7 Å². The van der Waals surface area contributed by atoms with Gasteiger partial charge in [0.05, 0.1) is 21.9 Å². The van der Waals surface area contributed by atoms with Crippen molar-refractivity contribution in [3.05, 3.63) is 82.9 Å². The number of halogens is 1. The number of carbonyl (C=O) groups is 1. The van der Waals surface area contributed by atoms with E-state index in [1.807, 2.05) is 88.4 Å². The van der Waals surface area contributed by atoms with Gasteiger partial charge in [-0.25, -0.2) is 14.7 Å². The van der Waals surface area contributed by atoms with E-state index in [0.717, 1.165) is 16.6 Å². The Hall–Kier alpha value is -3.71. The lowest BCUT2D eigenvalue weighted by molar-refractivity contribution is -0.119. The Bertz CT molecular complexity index is 1330. The molecule has 5 rings (SSSR count). The fourth-order valence-corrected chi connectivity index (χ4v) is 3.74. The van der Waals surface area contributed by atoms with Gasteiger partial charge in [-0.1, -0.05) is 66.6 Å². The van der Waals surface area contributed by atoms with Crippen molar-refractivity contribution in [3.8, 4) is 0 Å². The smallest absolute Gasteiger partial charge is 0.276 e. The predicted octanol–water partition coefficient (Wildman–Crippen LogP) is 5.55. The molecular weight excluding hydrogens is 436 g/mol. The van der Waals surface area contributed by atoms with E-state index in [-0.39, 0.29) is 5.91 Å². The molecule has 1 amide bonds. The summed E-state index contributed by atoms with van der Waals surface area (Å²) >= 11 is 6.38. The second-order valence-electron chi connectivity index (χ2n) is 7.50. The Balaban J connectivity index is 0.00000126. The molecular formula is C25H25ClN6O. The molecule has 1 saturated heterocycles. The molecule has 0 radical (unpaired) electrons. The van der Waals surface area contributed by atoms with Gasteiger partial charge in [-0.15, -0.1) is 5.10 Å². The quantitative estimate of drug-likeness (QED) is 0.435. The number of hydrazine groups is 1. The molecule has 0 saturated carbocycles. The van der Waals surface area contributed by atoms with Crippen molar-refractivity contribution in [2.75, 3.05) is 5.01 Å². The van der Waals surface area contributed by atoms with Crippen LogP contribution in [0.4, 0.5) is 11.4 Å². The van der Waals surface area contributed by atoms with Crippen LogP contribution < -0.4 is 10.4 Å². The van der Waals surface area contributed by atoms with Crippen molar-refractivity contribution < 1.29 is 4.79 Å². The molecule has 3 aromatic carbocycles. The number of carbonyl (C=O) groups excluding carboxylic acids is 1. The third-order valence-electron chi connectivity index (χ3n) is 5.20. The second kappa shape index (κ2) is 9.42. The summed E-state index contributed by atoms with van der Waals surface area (Å²) in [5.74, 6) is 0.218. The van der Waals surface area contributed by atoms with Gasteiger partial charge >= 0.3 is 0 Å². The van der Waals surface area contributed by atoms with Crippen molar-refractivity contribution in [1.82, 2.24) is 20.4 Å². The van der Waals surface area contributed by atoms with Crippen LogP contribution >= 0.6 is 11.6 Å². The summed E-state index contributed by atoms with van der Waals surface area (Å²) in [7, 11) is 0. The molecule has 4 aromatic rings. The first-order valence-electron chi connectivity index (χ1n) is 10.8. The Labute approximate surface area is 197 Å². The summed E-state index contributed by atoms with van der Waals surface area (Å²) in [5, 5.41) is 10.5. The Kier molecular flexibility index (Phi) is 6.42. The minimum absolute atomic E-state index is 0.206. The molecule has 1 aromatic heterocycles. The van der Waals surface area contributed by atoms with Gasteiger partial charge in [0.25, 0.3) is 5.91 Å². The fraction of sp³-hybridized carbons (Fsp3) is 0.200. The molecule has 1 aliphatic heterocycles. The number of hydrogen-bond donors (Lipinski definition) is 1. The monoisotopic (exact) mass is 460 g/mol. The molecule has 33 heavy (non-hydrogen) atoms. The summed E-state index contributed by atoms with van der Waals surface area (Å²) in [6, 6.07) is 20.0. The van der Waals surface area contributed by atoms with Crippen LogP contribution in [0.15, 0.2) is 71.7 Å². The zero-order valence-corrected chi connectivity index (χ0v) is 19.7. The zero-order chi connectivity index (χ0) is 23.5. The number of nitrogens with one attached hydrogen (secondary N) is 1. The van der Waals surface area contributed by atoms with Crippen LogP contribution in [-0.4, -0.2) is 26.7 Å². The van der Waals surface area contributed by atoms with Crippen molar-refractivity contribution in [2.24, 2.45) is 4.99 Å². The van der Waals surface area contributed by atoms with E-state index in [2.05, 4.69) is 15.7 Å². The number of anilines is 1. The largest absolute Gasteiger partial charge is 0.278 e. The van der Waals surface area contributed by atoms with E-state index in [4.69, 9.17) is 16.6 Å². The zero-order valence-electron chi connectivity index (χ0n) is 19.0. The molecule has 8 heteroatoms. The van der Waals surface area contributed by atoms with Crippen molar-refractivity contribution >= 4 is 45.8 Å². The standard InChI is InChI=1S/C23H19ClN6O.C2H6/c1-14-7-10-16(11-8-14)29-23(31)21(30-20-6-4-3-5-18(20)26-28-30)22(27-29)25-19-13-15(2)9-12-17(19)24;1-2/h3-13,21H,1-2H3,(H,25,27);1-2H3. The highest BCUT2D eigenvalue weighted by Crippen LogP contribution is 2.31. The summed E-state index contributed by atoms with van der Waals surface area (Å²) < 4.78 is 1.60. The van der Waals surface area contributed by atoms with Gasteiger partial charge in [-0.2, -0.15) is 0 Å². The van der Waals surface area contributed by atoms with Gasteiger partial charge < -0.3 is 0 Å². The molecule has 1 fully saturated rings. The van der Waals surface area contributed by atoms with Gasteiger partial charge in [0.2, 0.25) is 0 Å². The molecule has 1 unspecified atom stereocenters. The third kappa shape index (κ3) is 4.32. The molecule has 168 valence electrons. The van der Waals surface area contributed by atoms with Crippen LogP contribution in [0.25, 0.3) is 11.0 Å². The molecule has 0 aliphatic carbocycles. The van der Waals surface area contributed by atoms with Crippen molar-refractivity contribution in [2.45, 2.75) is 33.7 Å². The number of hydrogen-bond acceptors (Lipinski definition) is 4. The highest BCUT2D eigenvalue weighted by molar-refractivity contribution is 6.33. The minimum Gasteiger partial charge on any atom is -0.276 e. The number of aryl methyl sites for hydroxylation is 2. The summed E-state index contributed by atoms with van der Waals surface area (Å²) in [6.07, 6.45) is 0. The molecule has 0 spiro atoms. The van der Waals surface area contributed by atoms with Gasteiger partial charge in [0, 0.05) is 0 Å². The van der Waals surface area contributed by atoms with Gasteiger partial charge in [0.1, 0.15) is 5.52 Å². The number of nitrogens with zero attached hydrogens (tertiary/aromatic N) is 5. The first kappa shape index (κ1) is 22.5. The number of aliphatic imine (C=N–C) groups is 1. The average molecular weight is 461 g/mol. The Morgan fingerprint density at radius 1 is 0.970 bits per heavy atom. The summed E-state index contributed by atoms with van der Waals surface area (Å²) in [4.78, 5) is 18.3.